The predicted octanol–water partition coefficient (Wildman–Crippen LogP) is 2.57. The zero-order valence-corrected chi connectivity index (χ0v) is 11.8. The number of carbonyl (C=O) groups excluding carboxylic acids is 1. The van der Waals surface area contributed by atoms with Gasteiger partial charge in [-0.25, -0.2) is 5.43 Å². The monoisotopic (exact) mass is 293 g/mol. The lowest BCUT2D eigenvalue weighted by Gasteiger charge is -1.98. The van der Waals surface area contributed by atoms with Crippen LogP contribution >= 0.6 is 0 Å². The molecule has 2 aromatic carbocycles. The van der Waals surface area contributed by atoms with Crippen LogP contribution < -0.4 is 5.43 Å². The lowest BCUT2D eigenvalue weighted by molar-refractivity contribution is -0.120. The number of rotatable bonds is 4. The molecule has 0 fully saturated rings. The minimum atomic E-state index is -0.193. The van der Waals surface area contributed by atoms with E-state index in [0.29, 0.717) is 0 Å². The van der Waals surface area contributed by atoms with Crippen LogP contribution in [0.1, 0.15) is 11.3 Å². The molecular weight excluding hydrogens is 278 g/mol. The second kappa shape index (κ2) is 6.13. The molecule has 0 aliphatic rings. The van der Waals surface area contributed by atoms with Crippen LogP contribution in [0.3, 0.4) is 0 Å². The zero-order valence-electron chi connectivity index (χ0n) is 11.8. The highest BCUT2D eigenvalue weighted by Gasteiger charge is 2.05. The number of hydrogen-bond acceptors (Lipinski definition) is 3. The normalized spacial score (nSPS) is 11.1. The third kappa shape index (κ3) is 3.32. The zero-order chi connectivity index (χ0) is 15.4. The molecule has 5 heteroatoms. The number of nitrogens with one attached hydrogen (secondary N) is 2. The summed E-state index contributed by atoms with van der Waals surface area (Å²) >= 11 is 0. The van der Waals surface area contributed by atoms with E-state index in [9.17, 15) is 9.90 Å². The highest BCUT2D eigenvalue weighted by molar-refractivity contribution is 5.85. The third-order valence-electron chi connectivity index (χ3n) is 3.23. The van der Waals surface area contributed by atoms with Crippen molar-refractivity contribution < 1.29 is 9.90 Å². The Bertz CT molecular complexity index is 786. The summed E-state index contributed by atoms with van der Waals surface area (Å²) in [6, 6.07) is 16.4. The first-order valence-electron chi connectivity index (χ1n) is 6.88. The molecule has 1 heterocycles. The topological polar surface area (TPSA) is 77.5 Å². The minimum Gasteiger partial charge on any atom is -0.508 e. The first-order valence-corrected chi connectivity index (χ1v) is 6.88. The maximum Gasteiger partial charge on any atom is 0.245 e. The maximum atomic E-state index is 11.8. The van der Waals surface area contributed by atoms with E-state index in [1.54, 1.807) is 24.3 Å². The van der Waals surface area contributed by atoms with Crippen LogP contribution in [-0.4, -0.2) is 22.2 Å². The number of aromatic amines is 1. The second-order valence-corrected chi connectivity index (χ2v) is 4.94. The van der Waals surface area contributed by atoms with Gasteiger partial charge in [-0.2, -0.15) is 5.10 Å². The van der Waals surface area contributed by atoms with Crippen molar-refractivity contribution in [3.05, 3.63) is 65.9 Å². The van der Waals surface area contributed by atoms with Crippen molar-refractivity contribution in [2.45, 2.75) is 6.42 Å². The molecule has 0 saturated carbocycles. The fourth-order valence-corrected chi connectivity index (χ4v) is 2.18. The first kappa shape index (κ1) is 13.9. The molecule has 22 heavy (non-hydrogen) atoms. The predicted molar refractivity (Wildman–Crippen MR) is 85.8 cm³/mol. The number of carbonyl (C=O) groups is 1. The Morgan fingerprint density at radius 2 is 1.95 bits per heavy atom. The molecule has 110 valence electrons. The molecular formula is C17H15N3O2. The molecule has 0 aliphatic heterocycles. The van der Waals surface area contributed by atoms with Crippen LogP contribution in [0.5, 0.6) is 5.75 Å². The van der Waals surface area contributed by atoms with E-state index in [4.69, 9.17) is 0 Å². The standard InChI is InChI=1S/C17H15N3O2/c21-15-7-5-12(6-8-15)11-18-20-17(22)10-14-9-13-3-1-2-4-16(13)19-14/h1-9,11,19,21H,10H2,(H,20,22)/b18-11+. The lowest BCUT2D eigenvalue weighted by atomic mass is 10.2. The number of hydrogen-bond donors (Lipinski definition) is 3. The molecule has 1 amide bonds. The molecule has 0 radical (unpaired) electrons. The number of phenolic OH excluding ortho intramolecular Hbond substituents is 1. The van der Waals surface area contributed by atoms with Crippen molar-refractivity contribution in [3.8, 4) is 5.75 Å². The highest BCUT2D eigenvalue weighted by Crippen LogP contribution is 2.14. The van der Waals surface area contributed by atoms with Gasteiger partial charge in [0.1, 0.15) is 5.75 Å². The molecule has 0 aliphatic carbocycles. The van der Waals surface area contributed by atoms with Gasteiger partial charge in [0.25, 0.3) is 0 Å². The van der Waals surface area contributed by atoms with E-state index in [0.717, 1.165) is 22.2 Å². The number of hydrazone groups is 1. The van der Waals surface area contributed by atoms with Gasteiger partial charge >= 0.3 is 0 Å². The summed E-state index contributed by atoms with van der Waals surface area (Å²) in [5, 5.41) is 14.2. The Hall–Kier alpha value is -3.08. The van der Waals surface area contributed by atoms with Gasteiger partial charge in [0, 0.05) is 11.2 Å². The Balaban J connectivity index is 1.59. The van der Waals surface area contributed by atoms with Gasteiger partial charge in [0.15, 0.2) is 0 Å². The molecule has 0 unspecified atom stereocenters. The number of H-pyrrole nitrogens is 1. The number of amides is 1. The van der Waals surface area contributed by atoms with Crippen molar-refractivity contribution in [1.29, 1.82) is 0 Å². The smallest absolute Gasteiger partial charge is 0.245 e. The molecule has 0 bridgehead atoms. The Kier molecular flexibility index (Phi) is 3.87. The number of aromatic hydroxyl groups is 1. The summed E-state index contributed by atoms with van der Waals surface area (Å²) in [7, 11) is 0. The van der Waals surface area contributed by atoms with E-state index in [-0.39, 0.29) is 18.1 Å². The maximum absolute atomic E-state index is 11.8. The summed E-state index contributed by atoms with van der Waals surface area (Å²) < 4.78 is 0. The van der Waals surface area contributed by atoms with Crippen LogP contribution in [0.15, 0.2) is 59.7 Å². The van der Waals surface area contributed by atoms with Crippen LogP contribution in [-0.2, 0) is 11.2 Å². The number of benzene rings is 2. The van der Waals surface area contributed by atoms with E-state index < -0.39 is 0 Å². The Labute approximate surface area is 127 Å². The van der Waals surface area contributed by atoms with Crippen molar-refractivity contribution in [2.24, 2.45) is 5.10 Å². The SMILES string of the molecule is O=C(Cc1cc2ccccc2[nH]1)N/N=C/c1ccc(O)cc1. The average Bonchev–Trinajstić information content (AvgIpc) is 2.91. The van der Waals surface area contributed by atoms with Crippen LogP contribution in [0, 0.1) is 0 Å². The largest absolute Gasteiger partial charge is 0.508 e. The van der Waals surface area contributed by atoms with Gasteiger partial charge in [-0.1, -0.05) is 18.2 Å². The molecule has 5 nitrogen and oxygen atoms in total. The molecule has 3 rings (SSSR count). The van der Waals surface area contributed by atoms with Gasteiger partial charge in [-0.05, 0) is 47.3 Å². The molecule has 0 spiro atoms. The summed E-state index contributed by atoms with van der Waals surface area (Å²) in [5.41, 5.74) is 5.14. The van der Waals surface area contributed by atoms with Gasteiger partial charge < -0.3 is 10.1 Å². The Morgan fingerprint density at radius 1 is 1.18 bits per heavy atom. The van der Waals surface area contributed by atoms with E-state index in [1.807, 2.05) is 30.3 Å². The number of aromatic nitrogens is 1. The fraction of sp³-hybridized carbons (Fsp3) is 0.0588. The molecule has 1 aromatic heterocycles. The van der Waals surface area contributed by atoms with E-state index >= 15 is 0 Å². The van der Waals surface area contributed by atoms with E-state index in [2.05, 4.69) is 15.5 Å². The van der Waals surface area contributed by atoms with Gasteiger partial charge in [-0.3, -0.25) is 4.79 Å². The van der Waals surface area contributed by atoms with Gasteiger partial charge in [0.05, 0.1) is 12.6 Å². The molecule has 0 atom stereocenters. The van der Waals surface area contributed by atoms with Crippen molar-refractivity contribution >= 4 is 23.0 Å². The molecule has 3 N–H and O–H groups in total. The number of fused-ring (bicyclic) bond motifs is 1. The number of para-hydroxylation sites is 1. The summed E-state index contributed by atoms with van der Waals surface area (Å²) in [6.07, 6.45) is 1.77. The lowest BCUT2D eigenvalue weighted by Crippen LogP contribution is -2.19. The fourth-order valence-electron chi connectivity index (χ4n) is 2.18. The summed E-state index contributed by atoms with van der Waals surface area (Å²) in [6.45, 7) is 0. The van der Waals surface area contributed by atoms with Crippen LogP contribution in [0.25, 0.3) is 10.9 Å². The van der Waals surface area contributed by atoms with Crippen LogP contribution in [0.2, 0.25) is 0 Å². The van der Waals surface area contributed by atoms with Crippen molar-refractivity contribution in [2.75, 3.05) is 0 Å². The highest BCUT2D eigenvalue weighted by atomic mass is 16.3. The minimum absolute atomic E-state index is 0.193. The number of nitrogens with zero attached hydrogens (tertiary/aromatic N) is 1. The second-order valence-electron chi connectivity index (χ2n) is 4.94. The van der Waals surface area contributed by atoms with Crippen molar-refractivity contribution in [1.82, 2.24) is 10.4 Å². The Morgan fingerprint density at radius 3 is 2.73 bits per heavy atom. The van der Waals surface area contributed by atoms with Gasteiger partial charge in [0.2, 0.25) is 5.91 Å². The van der Waals surface area contributed by atoms with E-state index in [1.165, 1.54) is 6.21 Å². The quantitative estimate of drug-likeness (QED) is 0.510. The number of phenols is 1. The molecule has 3 aromatic rings. The summed E-state index contributed by atoms with van der Waals surface area (Å²) in [4.78, 5) is 15.0. The molecule has 0 saturated heterocycles. The van der Waals surface area contributed by atoms with Crippen molar-refractivity contribution in [3.63, 3.8) is 0 Å². The average molecular weight is 293 g/mol. The van der Waals surface area contributed by atoms with Gasteiger partial charge in [-0.15, -0.1) is 0 Å². The third-order valence-corrected chi connectivity index (χ3v) is 3.23. The first-order chi connectivity index (χ1) is 10.7. The van der Waals surface area contributed by atoms with Crippen LogP contribution in [0.4, 0.5) is 0 Å². The summed E-state index contributed by atoms with van der Waals surface area (Å²) in [5.74, 6) is 0.00146.